The molecule has 11 heavy (non-hydrogen) atoms. The Morgan fingerprint density at radius 2 is 2.45 bits per heavy atom. The molecule has 0 amide bonds. The molecule has 5 heteroatoms. The Morgan fingerprint density at radius 3 is 2.91 bits per heavy atom. The van der Waals surface area contributed by atoms with Crippen LogP contribution in [0.5, 0.6) is 0 Å². The quantitative estimate of drug-likeness (QED) is 0.448. The Kier molecular flexibility index (Phi) is 2.09. The summed E-state index contributed by atoms with van der Waals surface area (Å²) < 4.78 is 0. The van der Waals surface area contributed by atoms with Gasteiger partial charge in [0.15, 0.2) is 6.04 Å². The fraction of sp³-hybridized carbons (Fsp3) is 0.667. The van der Waals surface area contributed by atoms with Gasteiger partial charge in [0.25, 0.3) is 0 Å². The molecule has 0 bridgehead atoms. The lowest BCUT2D eigenvalue weighted by Gasteiger charge is -2.24. The van der Waals surface area contributed by atoms with Gasteiger partial charge < -0.3 is 15.5 Å². The van der Waals surface area contributed by atoms with Gasteiger partial charge in [0, 0.05) is 0 Å². The van der Waals surface area contributed by atoms with Crippen molar-refractivity contribution in [1.82, 2.24) is 5.32 Å². The Morgan fingerprint density at radius 1 is 1.82 bits per heavy atom. The standard InChI is InChI=1S/C6H10N2O3/c1-3-7-2-4(9)5(8-3)6(10)11/h4-5,9H,2H2,1H3,(H,7,8)(H,10,11)/t4-,5-/m1/s1. The Bertz CT molecular complexity index is 202. The van der Waals surface area contributed by atoms with Crippen LogP contribution in [0.3, 0.4) is 0 Å². The number of hydrogen-bond donors (Lipinski definition) is 3. The SMILES string of the molecule is CC1=NC[C@@H](O)[C@H](C(=O)O)N1. The van der Waals surface area contributed by atoms with Gasteiger partial charge in [-0.25, -0.2) is 4.79 Å². The molecule has 2 atom stereocenters. The molecular formula is C6H10N2O3. The van der Waals surface area contributed by atoms with Crippen LogP contribution in [-0.2, 0) is 4.79 Å². The third kappa shape index (κ3) is 1.68. The van der Waals surface area contributed by atoms with Gasteiger partial charge in [0.05, 0.1) is 12.4 Å². The van der Waals surface area contributed by atoms with Crippen LogP contribution in [-0.4, -0.2) is 40.7 Å². The summed E-state index contributed by atoms with van der Waals surface area (Å²) >= 11 is 0. The first-order chi connectivity index (χ1) is 5.11. The lowest BCUT2D eigenvalue weighted by Crippen LogP contribution is -2.52. The van der Waals surface area contributed by atoms with E-state index in [0.717, 1.165) is 0 Å². The van der Waals surface area contributed by atoms with Gasteiger partial charge in [-0.3, -0.25) is 4.99 Å². The zero-order chi connectivity index (χ0) is 8.43. The topological polar surface area (TPSA) is 81.9 Å². The average Bonchev–Trinajstić information content (AvgIpc) is 1.94. The van der Waals surface area contributed by atoms with Gasteiger partial charge in [0.2, 0.25) is 0 Å². The van der Waals surface area contributed by atoms with Crippen molar-refractivity contribution < 1.29 is 15.0 Å². The number of carboxylic acids is 1. The van der Waals surface area contributed by atoms with Crippen molar-refractivity contribution in [1.29, 1.82) is 0 Å². The molecule has 0 aromatic rings. The van der Waals surface area contributed by atoms with Crippen molar-refractivity contribution in [3.63, 3.8) is 0 Å². The van der Waals surface area contributed by atoms with Crippen LogP contribution in [0, 0.1) is 0 Å². The zero-order valence-corrected chi connectivity index (χ0v) is 6.11. The maximum absolute atomic E-state index is 10.4. The van der Waals surface area contributed by atoms with Crippen LogP contribution in [0.2, 0.25) is 0 Å². The Labute approximate surface area is 63.8 Å². The second kappa shape index (κ2) is 2.87. The van der Waals surface area contributed by atoms with Crippen LogP contribution >= 0.6 is 0 Å². The summed E-state index contributed by atoms with van der Waals surface area (Å²) in [7, 11) is 0. The Balaban J connectivity index is 2.67. The van der Waals surface area contributed by atoms with Gasteiger partial charge in [-0.15, -0.1) is 0 Å². The predicted molar refractivity (Wildman–Crippen MR) is 38.5 cm³/mol. The minimum atomic E-state index is -1.05. The molecule has 5 nitrogen and oxygen atoms in total. The summed E-state index contributed by atoms with van der Waals surface area (Å²) in [6.45, 7) is 1.83. The largest absolute Gasteiger partial charge is 0.480 e. The molecule has 1 aliphatic rings. The highest BCUT2D eigenvalue weighted by atomic mass is 16.4. The van der Waals surface area contributed by atoms with Crippen molar-refractivity contribution >= 4 is 11.8 Å². The molecule has 0 radical (unpaired) electrons. The highest BCUT2D eigenvalue weighted by Crippen LogP contribution is 2.00. The summed E-state index contributed by atoms with van der Waals surface area (Å²) in [5, 5.41) is 20.2. The van der Waals surface area contributed by atoms with Crippen molar-refractivity contribution in [2.75, 3.05) is 6.54 Å². The fourth-order valence-corrected chi connectivity index (χ4v) is 0.929. The normalized spacial score (nSPS) is 30.5. The van der Waals surface area contributed by atoms with Crippen LogP contribution in [0.1, 0.15) is 6.92 Å². The van der Waals surface area contributed by atoms with Gasteiger partial charge in [-0.1, -0.05) is 0 Å². The second-order valence-corrected chi connectivity index (χ2v) is 2.45. The van der Waals surface area contributed by atoms with Gasteiger partial charge in [0.1, 0.15) is 6.10 Å². The van der Waals surface area contributed by atoms with E-state index in [4.69, 9.17) is 10.2 Å². The molecule has 0 fully saturated rings. The van der Waals surface area contributed by atoms with E-state index in [2.05, 4.69) is 10.3 Å². The number of aliphatic hydroxyl groups is 1. The van der Waals surface area contributed by atoms with Crippen molar-refractivity contribution in [3.05, 3.63) is 0 Å². The molecule has 0 saturated heterocycles. The molecule has 3 N–H and O–H groups in total. The maximum atomic E-state index is 10.4. The van der Waals surface area contributed by atoms with Crippen molar-refractivity contribution in [2.24, 2.45) is 4.99 Å². The highest BCUT2D eigenvalue weighted by molar-refractivity contribution is 5.87. The average molecular weight is 158 g/mol. The predicted octanol–water partition coefficient (Wildman–Crippen LogP) is -1.18. The molecule has 0 aromatic carbocycles. The fourth-order valence-electron chi connectivity index (χ4n) is 0.929. The number of aliphatic carboxylic acids is 1. The molecular weight excluding hydrogens is 148 g/mol. The molecule has 0 unspecified atom stereocenters. The van der Waals surface area contributed by atoms with Crippen LogP contribution < -0.4 is 5.32 Å². The zero-order valence-electron chi connectivity index (χ0n) is 6.11. The summed E-state index contributed by atoms with van der Waals surface area (Å²) in [5.74, 6) is -0.491. The highest BCUT2D eigenvalue weighted by Gasteiger charge is 2.28. The smallest absolute Gasteiger partial charge is 0.328 e. The number of nitrogens with zero attached hydrogens (tertiary/aromatic N) is 1. The number of carboxylic acid groups (broad SMARTS) is 1. The first-order valence-electron chi connectivity index (χ1n) is 3.29. The van der Waals surface area contributed by atoms with E-state index in [1.807, 2.05) is 0 Å². The monoisotopic (exact) mass is 158 g/mol. The van der Waals surface area contributed by atoms with E-state index in [9.17, 15) is 4.79 Å². The number of aliphatic hydroxyl groups excluding tert-OH is 1. The molecule has 1 heterocycles. The minimum Gasteiger partial charge on any atom is -0.480 e. The maximum Gasteiger partial charge on any atom is 0.328 e. The molecule has 0 spiro atoms. The van der Waals surface area contributed by atoms with E-state index in [-0.39, 0.29) is 6.54 Å². The number of hydrogen-bond acceptors (Lipinski definition) is 4. The number of amidine groups is 1. The lowest BCUT2D eigenvalue weighted by molar-refractivity contribution is -0.141. The van der Waals surface area contributed by atoms with E-state index in [0.29, 0.717) is 5.84 Å². The molecule has 0 saturated carbocycles. The molecule has 0 aliphatic carbocycles. The van der Waals surface area contributed by atoms with Gasteiger partial charge in [-0.05, 0) is 6.92 Å². The van der Waals surface area contributed by atoms with Crippen molar-refractivity contribution in [3.8, 4) is 0 Å². The molecule has 1 rings (SSSR count). The molecule has 1 aliphatic heterocycles. The number of rotatable bonds is 1. The van der Waals surface area contributed by atoms with Crippen LogP contribution in [0.4, 0.5) is 0 Å². The second-order valence-electron chi connectivity index (χ2n) is 2.45. The van der Waals surface area contributed by atoms with Crippen LogP contribution in [0.25, 0.3) is 0 Å². The molecule has 62 valence electrons. The van der Waals surface area contributed by atoms with Crippen LogP contribution in [0.15, 0.2) is 4.99 Å². The number of aliphatic imine (C=N–C) groups is 1. The first-order valence-corrected chi connectivity index (χ1v) is 3.29. The Hall–Kier alpha value is -1.10. The van der Waals surface area contributed by atoms with E-state index in [1.165, 1.54) is 0 Å². The van der Waals surface area contributed by atoms with E-state index < -0.39 is 18.1 Å². The summed E-state index contributed by atoms with van der Waals surface area (Å²) in [6, 6.07) is -0.910. The van der Waals surface area contributed by atoms with Crippen molar-refractivity contribution in [2.45, 2.75) is 19.1 Å². The molecule has 0 aromatic heterocycles. The summed E-state index contributed by atoms with van der Waals surface area (Å²) in [6.07, 6.45) is -0.920. The lowest BCUT2D eigenvalue weighted by atomic mass is 10.1. The third-order valence-electron chi connectivity index (χ3n) is 1.53. The first kappa shape index (κ1) is 8.00. The van der Waals surface area contributed by atoms with Gasteiger partial charge >= 0.3 is 5.97 Å². The summed E-state index contributed by atoms with van der Waals surface area (Å²) in [5.41, 5.74) is 0. The van der Waals surface area contributed by atoms with E-state index in [1.54, 1.807) is 6.92 Å². The van der Waals surface area contributed by atoms with E-state index >= 15 is 0 Å². The summed E-state index contributed by atoms with van der Waals surface area (Å²) in [4.78, 5) is 14.3. The number of nitrogens with one attached hydrogen (secondary N) is 1. The third-order valence-corrected chi connectivity index (χ3v) is 1.53. The number of carbonyl (C=O) groups is 1. The van der Waals surface area contributed by atoms with Gasteiger partial charge in [-0.2, -0.15) is 0 Å². The minimum absolute atomic E-state index is 0.163.